The summed E-state index contributed by atoms with van der Waals surface area (Å²) in [7, 11) is 0. The van der Waals surface area contributed by atoms with E-state index in [1.54, 1.807) is 0 Å². The molecule has 0 amide bonds. The Labute approximate surface area is 110 Å². The van der Waals surface area contributed by atoms with E-state index in [-0.39, 0.29) is 0 Å². The van der Waals surface area contributed by atoms with Gasteiger partial charge >= 0.3 is 0 Å². The third-order valence-electron chi connectivity index (χ3n) is 3.24. The summed E-state index contributed by atoms with van der Waals surface area (Å²) in [4.78, 5) is 2.13. The molecule has 0 saturated heterocycles. The Morgan fingerprint density at radius 3 is 2.58 bits per heavy atom. The van der Waals surface area contributed by atoms with Gasteiger partial charge in [0.15, 0.2) is 0 Å². The third kappa shape index (κ3) is 2.52. The molecular formula is C15H14F2N2. The van der Waals surface area contributed by atoms with Crippen LogP contribution in [-0.4, -0.2) is 13.1 Å². The topological polar surface area (TPSA) is 15.3 Å². The van der Waals surface area contributed by atoms with E-state index < -0.39 is 11.6 Å². The molecule has 0 spiro atoms. The van der Waals surface area contributed by atoms with Crippen LogP contribution < -0.4 is 10.2 Å². The lowest BCUT2D eigenvalue weighted by molar-refractivity contribution is 0.578. The first-order valence-corrected chi connectivity index (χ1v) is 6.25. The van der Waals surface area contributed by atoms with Crippen molar-refractivity contribution in [2.75, 3.05) is 23.3 Å². The van der Waals surface area contributed by atoms with Crippen molar-refractivity contribution < 1.29 is 8.78 Å². The van der Waals surface area contributed by atoms with Crippen LogP contribution in [0.4, 0.5) is 20.2 Å². The predicted molar refractivity (Wildman–Crippen MR) is 72.3 cm³/mol. The Kier molecular flexibility index (Phi) is 3.07. The van der Waals surface area contributed by atoms with Gasteiger partial charge in [-0.15, -0.1) is 0 Å². The molecule has 2 aromatic carbocycles. The summed E-state index contributed by atoms with van der Waals surface area (Å²) in [6, 6.07) is 11.6. The van der Waals surface area contributed by atoms with Gasteiger partial charge in [0.05, 0.1) is 11.4 Å². The summed E-state index contributed by atoms with van der Waals surface area (Å²) in [5.41, 5.74) is 2.78. The third-order valence-corrected chi connectivity index (χ3v) is 3.24. The minimum absolute atomic E-state index is 0.507. The molecule has 0 atom stereocenters. The highest BCUT2D eigenvalue weighted by molar-refractivity contribution is 5.71. The highest BCUT2D eigenvalue weighted by Gasteiger charge is 2.16. The van der Waals surface area contributed by atoms with E-state index >= 15 is 0 Å². The molecule has 4 heteroatoms. The van der Waals surface area contributed by atoms with E-state index in [1.165, 1.54) is 12.1 Å². The molecule has 0 saturated carbocycles. The van der Waals surface area contributed by atoms with Gasteiger partial charge in [-0.2, -0.15) is 0 Å². The Balaban J connectivity index is 1.88. The number of fused-ring (bicyclic) bond motifs is 1. The van der Waals surface area contributed by atoms with Gasteiger partial charge in [0.25, 0.3) is 0 Å². The smallest absolute Gasteiger partial charge is 0.126 e. The molecule has 19 heavy (non-hydrogen) atoms. The number of hydrogen-bond acceptors (Lipinski definition) is 2. The number of nitrogens with one attached hydrogen (secondary N) is 1. The fraction of sp³-hybridized carbons (Fsp3) is 0.200. The summed E-state index contributed by atoms with van der Waals surface area (Å²) in [5.74, 6) is -1.06. The van der Waals surface area contributed by atoms with E-state index in [9.17, 15) is 8.78 Å². The summed E-state index contributed by atoms with van der Waals surface area (Å²) < 4.78 is 26.4. The van der Waals surface area contributed by atoms with Crippen LogP contribution >= 0.6 is 0 Å². The van der Waals surface area contributed by atoms with E-state index in [2.05, 4.69) is 10.2 Å². The van der Waals surface area contributed by atoms with Gasteiger partial charge in [-0.3, -0.25) is 0 Å². The van der Waals surface area contributed by atoms with Crippen molar-refractivity contribution in [1.29, 1.82) is 0 Å². The quantitative estimate of drug-likeness (QED) is 0.890. The fourth-order valence-electron chi connectivity index (χ4n) is 2.43. The van der Waals surface area contributed by atoms with Crippen LogP contribution in [0.1, 0.15) is 5.56 Å². The Morgan fingerprint density at radius 1 is 1.05 bits per heavy atom. The first kappa shape index (κ1) is 12.0. The first-order valence-electron chi connectivity index (χ1n) is 6.25. The average Bonchev–Trinajstić information content (AvgIpc) is 2.38. The molecule has 0 bridgehead atoms. The van der Waals surface area contributed by atoms with Crippen molar-refractivity contribution >= 4 is 11.4 Å². The number of anilines is 2. The SMILES string of the molecule is Fc1cc(F)cc(CN2CCNc3ccccc32)c1. The van der Waals surface area contributed by atoms with Crippen molar-refractivity contribution in [3.63, 3.8) is 0 Å². The van der Waals surface area contributed by atoms with Gasteiger partial charge in [-0.05, 0) is 29.8 Å². The molecular weight excluding hydrogens is 246 g/mol. The molecule has 0 fully saturated rings. The van der Waals surface area contributed by atoms with Gasteiger partial charge < -0.3 is 10.2 Å². The molecule has 0 aromatic heterocycles. The van der Waals surface area contributed by atoms with Crippen molar-refractivity contribution in [3.8, 4) is 0 Å². The molecule has 1 aliphatic rings. The maximum atomic E-state index is 13.2. The maximum Gasteiger partial charge on any atom is 0.126 e. The van der Waals surface area contributed by atoms with Crippen LogP contribution in [0.15, 0.2) is 42.5 Å². The molecule has 1 heterocycles. The molecule has 0 aliphatic carbocycles. The Hall–Kier alpha value is -2.10. The summed E-state index contributed by atoms with van der Waals surface area (Å²) in [6.45, 7) is 2.15. The number of benzene rings is 2. The largest absolute Gasteiger partial charge is 0.382 e. The van der Waals surface area contributed by atoms with Crippen LogP contribution in [0.25, 0.3) is 0 Å². The van der Waals surface area contributed by atoms with Gasteiger partial charge in [0.2, 0.25) is 0 Å². The Bertz CT molecular complexity index is 578. The molecule has 2 aromatic rings. The monoisotopic (exact) mass is 260 g/mol. The highest BCUT2D eigenvalue weighted by Crippen LogP contribution is 2.29. The van der Waals surface area contributed by atoms with Crippen LogP contribution in [0.5, 0.6) is 0 Å². The van der Waals surface area contributed by atoms with Crippen molar-refractivity contribution in [2.24, 2.45) is 0 Å². The van der Waals surface area contributed by atoms with E-state index in [0.717, 1.165) is 30.5 Å². The van der Waals surface area contributed by atoms with Crippen LogP contribution in [0, 0.1) is 11.6 Å². The second kappa shape index (κ2) is 4.88. The standard InChI is InChI=1S/C15H14F2N2/c16-12-7-11(8-13(17)9-12)10-19-6-5-18-14-3-1-2-4-15(14)19/h1-4,7-9,18H,5-6,10H2. The molecule has 2 nitrogen and oxygen atoms in total. The van der Waals surface area contributed by atoms with Gasteiger partial charge in [-0.25, -0.2) is 8.78 Å². The van der Waals surface area contributed by atoms with Gasteiger partial charge in [0.1, 0.15) is 11.6 Å². The van der Waals surface area contributed by atoms with E-state index in [1.807, 2.05) is 24.3 Å². The average molecular weight is 260 g/mol. The van der Waals surface area contributed by atoms with Crippen molar-refractivity contribution in [1.82, 2.24) is 0 Å². The molecule has 0 radical (unpaired) electrons. The maximum absolute atomic E-state index is 13.2. The molecule has 1 N–H and O–H groups in total. The molecule has 3 rings (SSSR count). The lowest BCUT2D eigenvalue weighted by Gasteiger charge is -2.32. The van der Waals surface area contributed by atoms with Gasteiger partial charge in [-0.1, -0.05) is 12.1 Å². The number of para-hydroxylation sites is 2. The second-order valence-electron chi connectivity index (χ2n) is 4.64. The minimum atomic E-state index is -0.529. The predicted octanol–water partition coefficient (Wildman–Crippen LogP) is 3.40. The highest BCUT2D eigenvalue weighted by atomic mass is 19.1. The number of halogens is 2. The molecule has 98 valence electrons. The van der Waals surface area contributed by atoms with Crippen LogP contribution in [-0.2, 0) is 6.54 Å². The van der Waals surface area contributed by atoms with Crippen LogP contribution in [0.2, 0.25) is 0 Å². The Morgan fingerprint density at radius 2 is 1.79 bits per heavy atom. The second-order valence-corrected chi connectivity index (χ2v) is 4.64. The lowest BCUT2D eigenvalue weighted by atomic mass is 10.1. The zero-order chi connectivity index (χ0) is 13.2. The number of nitrogens with zero attached hydrogens (tertiary/aromatic N) is 1. The van der Waals surface area contributed by atoms with Gasteiger partial charge in [0, 0.05) is 25.7 Å². The lowest BCUT2D eigenvalue weighted by Crippen LogP contribution is -2.33. The van der Waals surface area contributed by atoms with E-state index in [0.29, 0.717) is 12.1 Å². The fourth-order valence-corrected chi connectivity index (χ4v) is 2.43. The summed E-state index contributed by atoms with van der Waals surface area (Å²) in [6.07, 6.45) is 0. The zero-order valence-corrected chi connectivity index (χ0v) is 10.4. The van der Waals surface area contributed by atoms with Crippen molar-refractivity contribution in [3.05, 3.63) is 59.7 Å². The zero-order valence-electron chi connectivity index (χ0n) is 10.4. The van der Waals surface area contributed by atoms with Crippen LogP contribution in [0.3, 0.4) is 0 Å². The molecule has 0 unspecified atom stereocenters. The molecule has 1 aliphatic heterocycles. The first-order chi connectivity index (χ1) is 9.22. The summed E-state index contributed by atoms with van der Waals surface area (Å²) >= 11 is 0. The summed E-state index contributed by atoms with van der Waals surface area (Å²) in [5, 5.41) is 3.31. The van der Waals surface area contributed by atoms with Crippen molar-refractivity contribution in [2.45, 2.75) is 6.54 Å². The number of hydrogen-bond donors (Lipinski definition) is 1. The number of rotatable bonds is 2. The van der Waals surface area contributed by atoms with E-state index in [4.69, 9.17) is 0 Å². The minimum Gasteiger partial charge on any atom is -0.382 e. The normalized spacial score (nSPS) is 13.9.